The zero-order chi connectivity index (χ0) is 89.1. The van der Waals surface area contributed by atoms with E-state index in [-0.39, 0.29) is 0 Å². The molecule has 0 radical (unpaired) electrons. The molecule has 0 bridgehead atoms. The van der Waals surface area contributed by atoms with Gasteiger partial charge in [0.25, 0.3) is 0 Å². The second-order valence-electron chi connectivity index (χ2n) is 41.0. The first-order valence-corrected chi connectivity index (χ1v) is 55.8. The van der Waals surface area contributed by atoms with Gasteiger partial charge in [0.15, 0.2) is 0 Å². The van der Waals surface area contributed by atoms with E-state index in [0.29, 0.717) is 0 Å². The summed E-state index contributed by atoms with van der Waals surface area (Å²) in [4.78, 5) is 0. The molecule has 0 aromatic carbocycles. The average molecular weight is 1650 g/mol. The fourth-order valence-electron chi connectivity index (χ4n) is 17.6. The molecular formula is C117H244. The van der Waals surface area contributed by atoms with Gasteiger partial charge in [0.05, 0.1) is 0 Å². The van der Waals surface area contributed by atoms with Gasteiger partial charge >= 0.3 is 0 Å². The van der Waals surface area contributed by atoms with Crippen LogP contribution in [-0.4, -0.2) is 0 Å². The summed E-state index contributed by atoms with van der Waals surface area (Å²) >= 11 is 0. The normalized spacial score (nSPS) is 12.0. The Hall–Kier alpha value is -0.520. The molecule has 0 heteroatoms. The molecule has 117 heavy (non-hydrogen) atoms. The summed E-state index contributed by atoms with van der Waals surface area (Å²) < 4.78 is 0. The van der Waals surface area contributed by atoms with E-state index in [0.717, 1.165) is 82.9 Å². The maximum atomic E-state index is 2.43. The SMILES string of the molecule is CCC/C=C/CCC(CC/C=C/CCC)C(C)C.CCCCC(CCCC)C(C)C.CCCCCC(CCCCC)C(C)C.CCCCCCC(CCCCCC)C(C)C.CCCCCCCC(CCCCCCC)C(C)C.CCCCCCCCC(CCCCCCC)C(C)C.CCCCCCCCC(CCCCCCCC)C(C)C. The van der Waals surface area contributed by atoms with Gasteiger partial charge in [-0.05, 0) is 121 Å². The molecule has 0 aromatic heterocycles. The van der Waals surface area contributed by atoms with E-state index in [9.17, 15) is 0 Å². The summed E-state index contributed by atoms with van der Waals surface area (Å²) in [6, 6.07) is 0. The van der Waals surface area contributed by atoms with Crippen LogP contribution in [-0.2, 0) is 0 Å². The number of hydrogen-bond acceptors (Lipinski definition) is 0. The molecule has 0 N–H and O–H groups in total. The first-order chi connectivity index (χ1) is 56.5. The molecule has 0 rings (SSSR count). The second-order valence-corrected chi connectivity index (χ2v) is 41.0. The summed E-state index contributed by atoms with van der Waals surface area (Å²) in [6.07, 6.45) is 110. The first kappa shape index (κ1) is 130. The highest BCUT2D eigenvalue weighted by molar-refractivity contribution is 4.85. The highest BCUT2D eigenvalue weighted by atomic mass is 14.2. The van der Waals surface area contributed by atoms with E-state index < -0.39 is 0 Å². The summed E-state index contributed by atoms with van der Waals surface area (Å²) in [7, 11) is 0. The van der Waals surface area contributed by atoms with E-state index in [4.69, 9.17) is 0 Å². The second kappa shape index (κ2) is 112. The molecule has 712 valence electrons. The highest BCUT2D eigenvalue weighted by Crippen LogP contribution is 2.32. The number of rotatable bonds is 80. The van der Waals surface area contributed by atoms with Crippen LogP contribution >= 0.6 is 0 Å². The van der Waals surface area contributed by atoms with Crippen molar-refractivity contribution >= 4 is 0 Å². The minimum atomic E-state index is 0.823. The van der Waals surface area contributed by atoms with E-state index >= 15 is 0 Å². The van der Waals surface area contributed by atoms with Crippen molar-refractivity contribution in [2.45, 2.75) is 650 Å². The molecule has 0 saturated carbocycles. The molecule has 0 saturated heterocycles. The third kappa shape index (κ3) is 110. The van der Waals surface area contributed by atoms with Crippen LogP contribution in [0.25, 0.3) is 0 Å². The van der Waals surface area contributed by atoms with E-state index in [1.165, 1.54) is 456 Å². The Bertz CT molecular complexity index is 1610. The van der Waals surface area contributed by atoms with Crippen molar-refractivity contribution in [2.24, 2.45) is 82.9 Å². The van der Waals surface area contributed by atoms with Crippen LogP contribution in [0.15, 0.2) is 24.3 Å². The minimum Gasteiger partial charge on any atom is -0.0885 e. The zero-order valence-corrected chi connectivity index (χ0v) is 88.6. The van der Waals surface area contributed by atoms with Crippen LogP contribution in [0.4, 0.5) is 0 Å². The number of hydrogen-bond donors (Lipinski definition) is 0. The van der Waals surface area contributed by atoms with E-state index in [1.807, 2.05) is 0 Å². The molecule has 0 aliphatic heterocycles. The minimum absolute atomic E-state index is 0.823. The molecule has 0 aromatic rings. The molecule has 1 unspecified atom stereocenters. The van der Waals surface area contributed by atoms with Gasteiger partial charge in [-0.2, -0.15) is 0 Å². The molecule has 0 fully saturated rings. The van der Waals surface area contributed by atoms with Crippen LogP contribution in [0.2, 0.25) is 0 Å². The monoisotopic (exact) mass is 1650 g/mol. The van der Waals surface area contributed by atoms with Gasteiger partial charge in [-0.3, -0.25) is 0 Å². The smallest absolute Gasteiger partial charge is 0.0348 e. The molecular weight excluding hydrogens is 1410 g/mol. The highest BCUT2D eigenvalue weighted by Gasteiger charge is 2.18. The van der Waals surface area contributed by atoms with E-state index in [2.05, 4.69) is 218 Å². The van der Waals surface area contributed by atoms with Gasteiger partial charge in [-0.1, -0.05) is 636 Å². The first-order valence-electron chi connectivity index (χ1n) is 55.8. The van der Waals surface area contributed by atoms with E-state index in [1.54, 1.807) is 0 Å². The van der Waals surface area contributed by atoms with Crippen LogP contribution in [0.5, 0.6) is 0 Å². The fourth-order valence-corrected chi connectivity index (χ4v) is 17.6. The van der Waals surface area contributed by atoms with Gasteiger partial charge in [0, 0.05) is 0 Å². The molecule has 0 amide bonds. The lowest BCUT2D eigenvalue weighted by Gasteiger charge is -2.20. The summed E-state index contributed by atoms with van der Waals surface area (Å²) in [5, 5.41) is 0. The quantitative estimate of drug-likeness (QED) is 0.0421. The van der Waals surface area contributed by atoms with Crippen molar-refractivity contribution < 1.29 is 0 Å². The molecule has 0 aliphatic rings. The third-order valence-electron chi connectivity index (χ3n) is 27.1. The van der Waals surface area contributed by atoms with Gasteiger partial charge in [0.2, 0.25) is 0 Å². The van der Waals surface area contributed by atoms with Gasteiger partial charge < -0.3 is 0 Å². The Morgan fingerprint density at radius 3 is 0.376 bits per heavy atom. The fraction of sp³-hybridized carbons (Fsp3) is 0.966. The Morgan fingerprint density at radius 1 is 0.111 bits per heavy atom. The van der Waals surface area contributed by atoms with Crippen molar-refractivity contribution in [2.75, 3.05) is 0 Å². The van der Waals surface area contributed by atoms with Crippen LogP contribution in [0.1, 0.15) is 650 Å². The Kier molecular flexibility index (Phi) is 124. The van der Waals surface area contributed by atoms with Crippen LogP contribution in [0, 0.1) is 82.9 Å². The van der Waals surface area contributed by atoms with Gasteiger partial charge in [-0.15, -0.1) is 0 Å². The molecule has 1 atom stereocenters. The Labute approximate surface area is 752 Å². The molecule has 0 spiro atoms. The topological polar surface area (TPSA) is 0 Å². The maximum Gasteiger partial charge on any atom is -0.0348 e. The van der Waals surface area contributed by atoms with Gasteiger partial charge in [-0.25, -0.2) is 0 Å². The maximum absolute atomic E-state index is 2.43. The summed E-state index contributed by atoms with van der Waals surface area (Å²) in [6.45, 7) is 65.7. The Morgan fingerprint density at radius 2 is 0.222 bits per heavy atom. The lowest BCUT2D eigenvalue weighted by Crippen LogP contribution is -2.08. The predicted molar refractivity (Wildman–Crippen MR) is 554 cm³/mol. The van der Waals surface area contributed by atoms with Crippen LogP contribution in [0.3, 0.4) is 0 Å². The molecule has 0 nitrogen and oxygen atoms in total. The van der Waals surface area contributed by atoms with Gasteiger partial charge in [0.1, 0.15) is 0 Å². The predicted octanol–water partition coefficient (Wildman–Crippen LogP) is 44.9. The molecule has 0 aliphatic carbocycles. The lowest BCUT2D eigenvalue weighted by molar-refractivity contribution is 0.312. The summed E-state index contributed by atoms with van der Waals surface area (Å²) in [5.41, 5.74) is 0. The lowest BCUT2D eigenvalue weighted by atomic mass is 9.85. The average Bonchev–Trinajstić information content (AvgIpc) is 1.01. The third-order valence-corrected chi connectivity index (χ3v) is 27.1. The molecule has 0 heterocycles. The Balaban J connectivity index is -0.000000243. The number of unbranched alkanes of at least 4 members (excludes halogenated alkanes) is 41. The van der Waals surface area contributed by atoms with Crippen molar-refractivity contribution in [3.8, 4) is 0 Å². The van der Waals surface area contributed by atoms with Crippen molar-refractivity contribution in [3.05, 3.63) is 24.3 Å². The largest absolute Gasteiger partial charge is 0.0885 e. The van der Waals surface area contributed by atoms with Crippen molar-refractivity contribution in [3.63, 3.8) is 0 Å². The van der Waals surface area contributed by atoms with Crippen molar-refractivity contribution in [1.29, 1.82) is 0 Å². The van der Waals surface area contributed by atoms with Crippen LogP contribution < -0.4 is 0 Å². The van der Waals surface area contributed by atoms with Crippen molar-refractivity contribution in [1.82, 2.24) is 0 Å². The number of allylic oxidation sites excluding steroid dienone is 4. The standard InChI is InChI=1S/C20H42.C19H40.C18H38.C18H34.C16H34.C14H30.C12H26/c1-5-7-9-11-13-15-17-20(19(3)4)18-16-14-12-10-8-6-2;1-5-7-9-11-13-15-17-19(18(3)4)16-14-12-10-8-6-2;2*1-5-7-9-11-13-15-18(17(3)4)16-14-12-10-8-6-2;1-5-7-9-11-13-16(15(3)4)14-12-10-8-6-2;1-5-7-9-11-14(13(3)4)12-10-8-6-2;1-5-7-9-12(11(3)4)10-8-6-2/h19-20H,5-18H2,1-4H3;18-19H,5-17H2,1-4H3;17-18H,5-16H2,1-4H3;9-12,17-18H,5-8,13-16H2,1-4H3;15-16H,5-14H2,1-4H3;13-14H,5-12H2,1-4H3;11-12H,5-10H2,1-4H3/b;;;11-9+,12-10+;;;. The summed E-state index contributed by atoms with van der Waals surface area (Å²) in [5.74, 6) is 13.0. The zero-order valence-electron chi connectivity index (χ0n) is 88.6.